The number of fused-ring (bicyclic) bond motifs is 1. The van der Waals surface area contributed by atoms with Gasteiger partial charge in [0.1, 0.15) is 11.5 Å². The molecule has 2 aromatic carbocycles. The van der Waals surface area contributed by atoms with Crippen LogP contribution < -0.4 is 10.5 Å². The molecule has 5 rings (SSSR count). The average molecular weight is 448 g/mol. The van der Waals surface area contributed by atoms with Crippen LogP contribution in [-0.2, 0) is 16.4 Å². The van der Waals surface area contributed by atoms with Gasteiger partial charge in [0.2, 0.25) is 10.0 Å². The summed E-state index contributed by atoms with van der Waals surface area (Å²) in [6.45, 7) is 0. The lowest BCUT2D eigenvalue weighted by Gasteiger charge is -2.11. The van der Waals surface area contributed by atoms with Crippen molar-refractivity contribution >= 4 is 32.5 Å². The molecule has 0 radical (unpaired) electrons. The van der Waals surface area contributed by atoms with Crippen LogP contribution >= 0.6 is 0 Å². The molecule has 0 saturated heterocycles. The van der Waals surface area contributed by atoms with E-state index in [0.717, 1.165) is 17.8 Å². The number of nitrogens with two attached hydrogens (primary N) is 1. The molecule has 9 heteroatoms. The van der Waals surface area contributed by atoms with Crippen molar-refractivity contribution in [1.82, 2.24) is 14.8 Å². The largest absolute Gasteiger partial charge is 0.305 e. The van der Waals surface area contributed by atoms with Gasteiger partial charge in [0, 0.05) is 23.0 Å². The molecule has 2 heterocycles. The summed E-state index contributed by atoms with van der Waals surface area (Å²) in [7, 11) is -3.95. The van der Waals surface area contributed by atoms with Crippen LogP contribution in [0.15, 0.2) is 71.8 Å². The zero-order chi connectivity index (χ0) is 22.3. The molecule has 1 saturated carbocycles. The van der Waals surface area contributed by atoms with Gasteiger partial charge in [0.05, 0.1) is 16.3 Å². The average Bonchev–Trinajstić information content (AvgIpc) is 3.51. The SMILES string of the molecule is NS(=O)(=O)c1cccc2c(C(=O)Nc3cc(CC4CC4)nn3-c3ccccc3)nccc12. The van der Waals surface area contributed by atoms with E-state index in [4.69, 9.17) is 10.2 Å². The second-order valence-electron chi connectivity index (χ2n) is 7.93. The number of benzene rings is 2. The molecule has 3 N–H and O–H groups in total. The van der Waals surface area contributed by atoms with Gasteiger partial charge < -0.3 is 5.32 Å². The van der Waals surface area contributed by atoms with Gasteiger partial charge in [-0.1, -0.05) is 30.3 Å². The molecule has 4 aromatic rings. The first-order chi connectivity index (χ1) is 15.4. The number of primary sulfonamides is 1. The number of hydrogen-bond donors (Lipinski definition) is 2. The van der Waals surface area contributed by atoms with Crippen molar-refractivity contribution in [3.63, 3.8) is 0 Å². The predicted octanol–water partition coefficient (Wildman–Crippen LogP) is 3.27. The van der Waals surface area contributed by atoms with Crippen molar-refractivity contribution in [2.45, 2.75) is 24.2 Å². The van der Waals surface area contributed by atoms with E-state index in [-0.39, 0.29) is 10.6 Å². The smallest absolute Gasteiger partial charge is 0.276 e. The number of anilines is 1. The first kappa shape index (κ1) is 20.3. The molecular weight excluding hydrogens is 426 g/mol. The Morgan fingerprint density at radius 2 is 1.84 bits per heavy atom. The van der Waals surface area contributed by atoms with E-state index in [9.17, 15) is 13.2 Å². The number of carbonyl (C=O) groups excluding carboxylic acids is 1. The van der Waals surface area contributed by atoms with E-state index in [1.54, 1.807) is 16.8 Å². The number of nitrogens with zero attached hydrogens (tertiary/aromatic N) is 3. The molecule has 0 spiro atoms. The Kier molecular flexibility index (Phi) is 4.99. The Hall–Kier alpha value is -3.56. The van der Waals surface area contributed by atoms with Gasteiger partial charge in [-0.25, -0.2) is 18.2 Å². The second-order valence-corrected chi connectivity index (χ2v) is 9.46. The molecule has 2 aromatic heterocycles. The molecule has 32 heavy (non-hydrogen) atoms. The van der Waals surface area contributed by atoms with Crippen LogP contribution in [0.2, 0.25) is 0 Å². The summed E-state index contributed by atoms with van der Waals surface area (Å²) in [5.74, 6) is 0.713. The van der Waals surface area contributed by atoms with Crippen LogP contribution in [0.3, 0.4) is 0 Å². The van der Waals surface area contributed by atoms with Gasteiger partial charge in [-0.3, -0.25) is 9.78 Å². The summed E-state index contributed by atoms with van der Waals surface area (Å²) < 4.78 is 25.6. The van der Waals surface area contributed by atoms with Crippen LogP contribution in [0.25, 0.3) is 16.5 Å². The third kappa shape index (κ3) is 4.00. The molecule has 1 aliphatic carbocycles. The lowest BCUT2D eigenvalue weighted by molar-refractivity contribution is 0.102. The van der Waals surface area contributed by atoms with E-state index in [1.165, 1.54) is 31.2 Å². The normalized spacial score (nSPS) is 13.9. The summed E-state index contributed by atoms with van der Waals surface area (Å²) in [5, 5.41) is 13.7. The lowest BCUT2D eigenvalue weighted by Crippen LogP contribution is -2.17. The molecule has 162 valence electrons. The Morgan fingerprint density at radius 1 is 1.06 bits per heavy atom. The van der Waals surface area contributed by atoms with Gasteiger partial charge in [-0.2, -0.15) is 5.10 Å². The first-order valence-electron chi connectivity index (χ1n) is 10.3. The second kappa shape index (κ2) is 7.85. The quantitative estimate of drug-likeness (QED) is 0.470. The fraction of sp³-hybridized carbons (Fsp3) is 0.174. The maximum atomic E-state index is 13.2. The minimum atomic E-state index is -3.95. The zero-order valence-electron chi connectivity index (χ0n) is 17.1. The van der Waals surface area contributed by atoms with Crippen molar-refractivity contribution in [2.75, 3.05) is 5.32 Å². The van der Waals surface area contributed by atoms with E-state index < -0.39 is 15.9 Å². The third-order valence-electron chi connectivity index (χ3n) is 5.48. The summed E-state index contributed by atoms with van der Waals surface area (Å²) in [5.41, 5.74) is 1.85. The minimum Gasteiger partial charge on any atom is -0.305 e. The fourth-order valence-corrected chi connectivity index (χ4v) is 4.54. The van der Waals surface area contributed by atoms with Gasteiger partial charge in [-0.05, 0) is 49.4 Å². The van der Waals surface area contributed by atoms with Crippen molar-refractivity contribution in [1.29, 1.82) is 0 Å². The number of rotatable bonds is 6. The molecule has 0 aliphatic heterocycles. The Bertz CT molecular complexity index is 1430. The molecule has 0 unspecified atom stereocenters. The van der Waals surface area contributed by atoms with E-state index in [1.807, 2.05) is 36.4 Å². The highest BCUT2D eigenvalue weighted by Crippen LogP contribution is 2.33. The van der Waals surface area contributed by atoms with Gasteiger partial charge in [0.25, 0.3) is 5.91 Å². The fourth-order valence-electron chi connectivity index (χ4n) is 3.79. The maximum absolute atomic E-state index is 13.2. The summed E-state index contributed by atoms with van der Waals surface area (Å²) >= 11 is 0. The number of hydrogen-bond acceptors (Lipinski definition) is 5. The van der Waals surface area contributed by atoms with Crippen molar-refractivity contribution in [2.24, 2.45) is 11.1 Å². The van der Waals surface area contributed by atoms with Crippen LogP contribution in [0.4, 0.5) is 5.82 Å². The molecule has 1 amide bonds. The van der Waals surface area contributed by atoms with E-state index >= 15 is 0 Å². The molecule has 0 atom stereocenters. The topological polar surface area (TPSA) is 120 Å². The van der Waals surface area contributed by atoms with Crippen LogP contribution in [0.1, 0.15) is 29.0 Å². The Morgan fingerprint density at radius 3 is 2.56 bits per heavy atom. The van der Waals surface area contributed by atoms with Crippen molar-refractivity contribution < 1.29 is 13.2 Å². The molecule has 1 fully saturated rings. The zero-order valence-corrected chi connectivity index (χ0v) is 17.9. The number of pyridine rings is 1. The maximum Gasteiger partial charge on any atom is 0.276 e. The number of nitrogens with one attached hydrogen (secondary N) is 1. The minimum absolute atomic E-state index is 0.0486. The number of carbonyl (C=O) groups is 1. The molecule has 8 nitrogen and oxygen atoms in total. The highest BCUT2D eigenvalue weighted by molar-refractivity contribution is 7.89. The molecule has 1 aliphatic rings. The van der Waals surface area contributed by atoms with Crippen molar-refractivity contribution in [3.05, 3.63) is 78.2 Å². The summed E-state index contributed by atoms with van der Waals surface area (Å²) in [6.07, 6.45) is 4.67. The molecular formula is C23H21N5O3S. The third-order valence-corrected chi connectivity index (χ3v) is 6.45. The number of aromatic nitrogens is 3. The highest BCUT2D eigenvalue weighted by atomic mass is 32.2. The van der Waals surface area contributed by atoms with Crippen LogP contribution in [0.5, 0.6) is 0 Å². The Balaban J connectivity index is 1.54. The summed E-state index contributed by atoms with van der Waals surface area (Å²) in [4.78, 5) is 17.4. The first-order valence-corrected chi connectivity index (χ1v) is 11.8. The monoisotopic (exact) mass is 447 g/mol. The van der Waals surface area contributed by atoms with Crippen LogP contribution in [0, 0.1) is 5.92 Å². The Labute approximate surface area is 185 Å². The number of amides is 1. The predicted molar refractivity (Wildman–Crippen MR) is 121 cm³/mol. The number of para-hydroxylation sites is 1. The van der Waals surface area contributed by atoms with Gasteiger partial charge in [-0.15, -0.1) is 0 Å². The van der Waals surface area contributed by atoms with Gasteiger partial charge in [0.15, 0.2) is 0 Å². The van der Waals surface area contributed by atoms with E-state index in [0.29, 0.717) is 22.5 Å². The van der Waals surface area contributed by atoms with Crippen LogP contribution in [-0.4, -0.2) is 29.1 Å². The lowest BCUT2D eigenvalue weighted by atomic mass is 10.1. The molecule has 0 bridgehead atoms. The van der Waals surface area contributed by atoms with E-state index in [2.05, 4.69) is 10.3 Å². The van der Waals surface area contributed by atoms with Crippen molar-refractivity contribution in [3.8, 4) is 5.69 Å². The number of sulfonamides is 1. The highest BCUT2D eigenvalue weighted by Gasteiger charge is 2.24. The van der Waals surface area contributed by atoms with Gasteiger partial charge >= 0.3 is 0 Å². The standard InChI is InChI=1S/C23H21N5O3S/c24-32(30,31)20-8-4-7-19-18(20)11-12-25-22(19)23(29)26-21-14-16(13-15-9-10-15)27-28(21)17-5-2-1-3-6-17/h1-8,11-12,14-15H,9-10,13H2,(H,26,29)(H2,24,30,31). The summed E-state index contributed by atoms with van der Waals surface area (Å²) in [6, 6.07) is 17.6.